The van der Waals surface area contributed by atoms with E-state index in [1.165, 1.54) is 6.92 Å². The maximum Gasteiger partial charge on any atom is 0.304 e. The van der Waals surface area contributed by atoms with Crippen LogP contribution in [0.3, 0.4) is 0 Å². The number of anilines is 2. The molecule has 1 aromatic carbocycles. The van der Waals surface area contributed by atoms with Gasteiger partial charge in [-0.3, -0.25) is 14.4 Å². The Kier molecular flexibility index (Phi) is 6.40. The van der Waals surface area contributed by atoms with Gasteiger partial charge in [-0.25, -0.2) is 0 Å². The summed E-state index contributed by atoms with van der Waals surface area (Å²) in [5.74, 6) is -1.36. The number of carboxylic acid groups (broad SMARTS) is 1. The first kappa shape index (κ1) is 19.9. The molecule has 0 spiro atoms. The van der Waals surface area contributed by atoms with Gasteiger partial charge in [0.2, 0.25) is 11.8 Å². The van der Waals surface area contributed by atoms with Gasteiger partial charge in [-0.15, -0.1) is 0 Å². The fraction of sp³-hybridized carbons (Fsp3) is 0.550. The summed E-state index contributed by atoms with van der Waals surface area (Å²) in [5, 5.41) is 15.0. The van der Waals surface area contributed by atoms with Crippen LogP contribution in [0.4, 0.5) is 11.4 Å². The third kappa shape index (κ3) is 4.84. The van der Waals surface area contributed by atoms with Gasteiger partial charge in [0.15, 0.2) is 0 Å². The minimum Gasteiger partial charge on any atom is -0.481 e. The van der Waals surface area contributed by atoms with Gasteiger partial charge >= 0.3 is 5.97 Å². The van der Waals surface area contributed by atoms with Gasteiger partial charge in [0.1, 0.15) is 0 Å². The van der Waals surface area contributed by atoms with E-state index in [0.717, 1.165) is 37.7 Å². The van der Waals surface area contributed by atoms with Crippen molar-refractivity contribution in [1.29, 1.82) is 0 Å². The van der Waals surface area contributed by atoms with E-state index in [1.54, 1.807) is 19.1 Å². The molecule has 6 heteroatoms. The Hall–Kier alpha value is -2.37. The van der Waals surface area contributed by atoms with Crippen molar-refractivity contribution in [3.63, 3.8) is 0 Å². The molecule has 0 aromatic heterocycles. The second-order valence-electron chi connectivity index (χ2n) is 7.49. The van der Waals surface area contributed by atoms with Crippen LogP contribution >= 0.6 is 0 Å². The number of carbonyl (C=O) groups excluding carboxylic acids is 2. The molecule has 6 nitrogen and oxygen atoms in total. The van der Waals surface area contributed by atoms with Crippen molar-refractivity contribution < 1.29 is 19.5 Å². The maximum atomic E-state index is 13.1. The van der Waals surface area contributed by atoms with Crippen LogP contribution in [0, 0.1) is 18.3 Å². The quantitative estimate of drug-likeness (QED) is 0.716. The van der Waals surface area contributed by atoms with Gasteiger partial charge in [-0.2, -0.15) is 0 Å². The van der Waals surface area contributed by atoms with Crippen LogP contribution in [0.2, 0.25) is 0 Å². The largest absolute Gasteiger partial charge is 0.481 e. The van der Waals surface area contributed by atoms with Crippen molar-refractivity contribution in [3.05, 3.63) is 23.8 Å². The fourth-order valence-electron chi connectivity index (χ4n) is 3.77. The standard InChI is InChI=1S/C20H28N2O4/c1-13-9-10-16(21-14(2)23)11-17(13)22-19(26)20(3,12-18(24)25)15-7-5-4-6-8-15/h9-11,15H,4-8,12H2,1-3H3,(H,21,23)(H,22,26)(H,24,25). The number of rotatable bonds is 6. The molecule has 0 bridgehead atoms. The summed E-state index contributed by atoms with van der Waals surface area (Å²) in [4.78, 5) is 35.8. The molecule has 0 aliphatic heterocycles. The highest BCUT2D eigenvalue weighted by atomic mass is 16.4. The number of hydrogen-bond donors (Lipinski definition) is 3. The first-order valence-corrected chi connectivity index (χ1v) is 9.14. The summed E-state index contributed by atoms with van der Waals surface area (Å²) in [6.45, 7) is 5.05. The molecule has 2 amide bonds. The smallest absolute Gasteiger partial charge is 0.304 e. The highest BCUT2D eigenvalue weighted by Gasteiger charge is 2.43. The average Bonchev–Trinajstić information content (AvgIpc) is 2.57. The Morgan fingerprint density at radius 2 is 1.81 bits per heavy atom. The Morgan fingerprint density at radius 1 is 1.15 bits per heavy atom. The van der Waals surface area contributed by atoms with E-state index in [0.29, 0.717) is 11.4 Å². The lowest BCUT2D eigenvalue weighted by Crippen LogP contribution is -2.42. The lowest BCUT2D eigenvalue weighted by molar-refractivity contribution is -0.145. The van der Waals surface area contributed by atoms with Crippen LogP contribution in [0.1, 0.15) is 57.9 Å². The van der Waals surface area contributed by atoms with E-state index < -0.39 is 11.4 Å². The van der Waals surface area contributed by atoms with E-state index in [4.69, 9.17) is 0 Å². The van der Waals surface area contributed by atoms with Crippen LogP contribution < -0.4 is 10.6 Å². The Balaban J connectivity index is 2.26. The van der Waals surface area contributed by atoms with Crippen molar-refractivity contribution in [2.24, 2.45) is 11.3 Å². The molecule has 142 valence electrons. The molecule has 2 rings (SSSR count). The van der Waals surface area contributed by atoms with E-state index in [9.17, 15) is 19.5 Å². The maximum absolute atomic E-state index is 13.1. The zero-order valence-electron chi connectivity index (χ0n) is 15.7. The van der Waals surface area contributed by atoms with Gasteiger partial charge in [-0.1, -0.05) is 25.3 Å². The SMILES string of the molecule is CC(=O)Nc1ccc(C)c(NC(=O)C(C)(CC(=O)O)C2CCCCC2)c1. The molecule has 3 N–H and O–H groups in total. The molecule has 0 saturated heterocycles. The summed E-state index contributed by atoms with van der Waals surface area (Å²) >= 11 is 0. The normalized spacial score (nSPS) is 17.2. The molecule has 26 heavy (non-hydrogen) atoms. The van der Waals surface area contributed by atoms with Crippen molar-refractivity contribution >= 4 is 29.2 Å². The van der Waals surface area contributed by atoms with Crippen LogP contribution in [-0.4, -0.2) is 22.9 Å². The second-order valence-corrected chi connectivity index (χ2v) is 7.49. The molecular formula is C20H28N2O4. The van der Waals surface area contributed by atoms with Crippen molar-refractivity contribution in [3.8, 4) is 0 Å². The molecule has 1 atom stereocenters. The first-order valence-electron chi connectivity index (χ1n) is 9.14. The number of carbonyl (C=O) groups is 3. The number of carboxylic acids is 1. The minimum atomic E-state index is -0.961. The number of nitrogens with one attached hydrogen (secondary N) is 2. The molecule has 1 unspecified atom stereocenters. The molecule has 0 heterocycles. The van der Waals surface area contributed by atoms with Crippen molar-refractivity contribution in [2.45, 2.75) is 59.3 Å². The number of amides is 2. The van der Waals surface area contributed by atoms with Crippen LogP contribution in [0.15, 0.2) is 18.2 Å². The molecule has 1 aromatic rings. The summed E-state index contributed by atoms with van der Waals surface area (Å²) in [6.07, 6.45) is 4.77. The van der Waals surface area contributed by atoms with Crippen LogP contribution in [0.5, 0.6) is 0 Å². The summed E-state index contributed by atoms with van der Waals surface area (Å²) in [5.41, 5.74) is 1.08. The fourth-order valence-corrected chi connectivity index (χ4v) is 3.77. The Labute approximate surface area is 154 Å². The molecule has 1 saturated carbocycles. The van der Waals surface area contributed by atoms with Crippen molar-refractivity contribution in [1.82, 2.24) is 0 Å². The number of aliphatic carboxylic acids is 1. The van der Waals surface area contributed by atoms with Crippen LogP contribution in [-0.2, 0) is 14.4 Å². The van der Waals surface area contributed by atoms with E-state index in [-0.39, 0.29) is 24.2 Å². The average molecular weight is 360 g/mol. The predicted octanol–water partition coefficient (Wildman–Crippen LogP) is 3.95. The highest BCUT2D eigenvalue weighted by Crippen LogP contribution is 2.42. The highest BCUT2D eigenvalue weighted by molar-refractivity contribution is 5.99. The molecule has 1 aliphatic carbocycles. The zero-order chi connectivity index (χ0) is 19.3. The lowest BCUT2D eigenvalue weighted by atomic mass is 9.67. The lowest BCUT2D eigenvalue weighted by Gasteiger charge is -2.37. The zero-order valence-corrected chi connectivity index (χ0v) is 15.7. The number of benzene rings is 1. The van der Waals surface area contributed by atoms with Gasteiger partial charge in [0, 0.05) is 18.3 Å². The predicted molar refractivity (Wildman–Crippen MR) is 101 cm³/mol. The third-order valence-corrected chi connectivity index (χ3v) is 5.35. The third-order valence-electron chi connectivity index (χ3n) is 5.35. The molecule has 0 radical (unpaired) electrons. The summed E-state index contributed by atoms with van der Waals surface area (Å²) in [7, 11) is 0. The van der Waals surface area contributed by atoms with E-state index in [1.807, 2.05) is 13.0 Å². The summed E-state index contributed by atoms with van der Waals surface area (Å²) in [6, 6.07) is 5.29. The van der Waals surface area contributed by atoms with E-state index in [2.05, 4.69) is 10.6 Å². The van der Waals surface area contributed by atoms with Gasteiger partial charge < -0.3 is 15.7 Å². The summed E-state index contributed by atoms with van der Waals surface area (Å²) < 4.78 is 0. The van der Waals surface area contributed by atoms with Gasteiger partial charge in [0.25, 0.3) is 0 Å². The first-order chi connectivity index (χ1) is 12.2. The van der Waals surface area contributed by atoms with E-state index >= 15 is 0 Å². The molecule has 1 fully saturated rings. The molecule has 1 aliphatic rings. The molecular weight excluding hydrogens is 332 g/mol. The Bertz CT molecular complexity index is 695. The number of hydrogen-bond acceptors (Lipinski definition) is 3. The Morgan fingerprint density at radius 3 is 2.38 bits per heavy atom. The topological polar surface area (TPSA) is 95.5 Å². The number of aryl methyl sites for hydroxylation is 1. The second kappa shape index (κ2) is 8.34. The minimum absolute atomic E-state index is 0.0613. The van der Waals surface area contributed by atoms with Crippen molar-refractivity contribution in [2.75, 3.05) is 10.6 Å². The van der Waals surface area contributed by atoms with Gasteiger partial charge in [0.05, 0.1) is 11.8 Å². The monoisotopic (exact) mass is 360 g/mol. The van der Waals surface area contributed by atoms with Gasteiger partial charge in [-0.05, 0) is 50.3 Å². The van der Waals surface area contributed by atoms with Crippen LogP contribution in [0.25, 0.3) is 0 Å².